The van der Waals surface area contributed by atoms with Gasteiger partial charge in [0.15, 0.2) is 0 Å². The molecule has 2 aliphatic rings. The van der Waals surface area contributed by atoms with Gasteiger partial charge in [-0.15, -0.1) is 0 Å². The van der Waals surface area contributed by atoms with Gasteiger partial charge in [-0.25, -0.2) is 4.79 Å². The number of carbonyl (C=O) groups excluding carboxylic acids is 2. The van der Waals surface area contributed by atoms with E-state index in [1.165, 1.54) is 0 Å². The molecule has 0 saturated heterocycles. The maximum atomic E-state index is 12.6. The SMILES string of the molecule is CC(CNC(=O)OCC1c2ccccc2-c2ccccc21)C(=O)NC1CCCCCC1C(=O)O. The second-order valence-electron chi connectivity index (χ2n) is 9.31. The molecule has 0 heterocycles. The molecule has 2 aliphatic carbocycles. The molecule has 7 nitrogen and oxygen atoms in total. The average Bonchev–Trinajstić information content (AvgIpc) is 2.97. The Bertz CT molecular complexity index is 1010. The summed E-state index contributed by atoms with van der Waals surface area (Å²) in [5, 5.41) is 15.1. The van der Waals surface area contributed by atoms with Gasteiger partial charge in [-0.05, 0) is 35.1 Å². The Labute approximate surface area is 199 Å². The molecule has 1 fully saturated rings. The highest BCUT2D eigenvalue weighted by atomic mass is 16.5. The Balaban J connectivity index is 1.28. The van der Waals surface area contributed by atoms with E-state index < -0.39 is 23.9 Å². The summed E-state index contributed by atoms with van der Waals surface area (Å²) in [4.78, 5) is 36.6. The zero-order chi connectivity index (χ0) is 24.1. The largest absolute Gasteiger partial charge is 0.481 e. The molecule has 3 atom stereocenters. The van der Waals surface area contributed by atoms with Gasteiger partial charge in [0.05, 0.1) is 11.8 Å². The standard InChI is InChI=1S/C27H32N2O5/c1-17(25(30)29-24-14-4-2-3-13-22(24)26(31)32)15-28-27(33)34-16-23-20-11-7-5-9-18(20)19-10-6-8-12-21(19)23/h5-12,17,22-24H,2-4,13-16H2,1H3,(H,28,33)(H,29,30)(H,31,32). The third-order valence-corrected chi connectivity index (χ3v) is 7.00. The number of carboxylic acids is 1. The van der Waals surface area contributed by atoms with Crippen molar-refractivity contribution >= 4 is 18.0 Å². The summed E-state index contributed by atoms with van der Waals surface area (Å²) in [5.41, 5.74) is 4.60. The van der Waals surface area contributed by atoms with Crippen molar-refractivity contribution in [3.8, 4) is 11.1 Å². The number of amides is 2. The van der Waals surface area contributed by atoms with Gasteiger partial charge >= 0.3 is 12.1 Å². The summed E-state index contributed by atoms with van der Waals surface area (Å²) >= 11 is 0. The molecular formula is C27H32N2O5. The van der Waals surface area contributed by atoms with Crippen molar-refractivity contribution in [1.82, 2.24) is 10.6 Å². The average molecular weight is 465 g/mol. The first-order valence-electron chi connectivity index (χ1n) is 12.1. The van der Waals surface area contributed by atoms with E-state index in [0.29, 0.717) is 12.8 Å². The molecule has 0 aliphatic heterocycles. The van der Waals surface area contributed by atoms with E-state index in [-0.39, 0.29) is 31.0 Å². The number of hydrogen-bond donors (Lipinski definition) is 3. The summed E-state index contributed by atoms with van der Waals surface area (Å²) in [6, 6.07) is 15.9. The van der Waals surface area contributed by atoms with Crippen molar-refractivity contribution in [3.63, 3.8) is 0 Å². The first-order chi connectivity index (χ1) is 16.5. The lowest BCUT2D eigenvalue weighted by atomic mass is 9.94. The molecule has 0 radical (unpaired) electrons. The molecule has 180 valence electrons. The molecule has 2 aromatic rings. The van der Waals surface area contributed by atoms with Crippen LogP contribution < -0.4 is 10.6 Å². The highest BCUT2D eigenvalue weighted by molar-refractivity contribution is 5.81. The van der Waals surface area contributed by atoms with Gasteiger partial charge in [-0.1, -0.05) is 74.7 Å². The van der Waals surface area contributed by atoms with Crippen LogP contribution in [0.5, 0.6) is 0 Å². The fourth-order valence-corrected chi connectivity index (χ4v) is 5.08. The number of carboxylic acid groups (broad SMARTS) is 1. The molecule has 1 saturated carbocycles. The number of benzene rings is 2. The summed E-state index contributed by atoms with van der Waals surface area (Å²) < 4.78 is 5.53. The number of alkyl carbamates (subject to hydrolysis) is 1. The number of rotatable bonds is 7. The monoisotopic (exact) mass is 464 g/mol. The second-order valence-corrected chi connectivity index (χ2v) is 9.31. The first kappa shape index (κ1) is 23.8. The quantitative estimate of drug-likeness (QED) is 0.530. The lowest BCUT2D eigenvalue weighted by molar-refractivity contribution is -0.143. The van der Waals surface area contributed by atoms with Crippen LogP contribution in [0.4, 0.5) is 4.79 Å². The normalized spacial score (nSPS) is 20.4. The zero-order valence-corrected chi connectivity index (χ0v) is 19.5. The van der Waals surface area contributed by atoms with Gasteiger partial charge in [0.2, 0.25) is 5.91 Å². The molecule has 34 heavy (non-hydrogen) atoms. The van der Waals surface area contributed by atoms with Crippen molar-refractivity contribution in [1.29, 1.82) is 0 Å². The summed E-state index contributed by atoms with van der Waals surface area (Å²) in [7, 11) is 0. The van der Waals surface area contributed by atoms with E-state index >= 15 is 0 Å². The fourth-order valence-electron chi connectivity index (χ4n) is 5.08. The zero-order valence-electron chi connectivity index (χ0n) is 19.5. The van der Waals surface area contributed by atoms with E-state index in [2.05, 4.69) is 34.9 Å². The molecule has 7 heteroatoms. The van der Waals surface area contributed by atoms with E-state index in [0.717, 1.165) is 41.5 Å². The predicted molar refractivity (Wildman–Crippen MR) is 128 cm³/mol. The Hall–Kier alpha value is -3.35. The van der Waals surface area contributed by atoms with Crippen LogP contribution in [-0.2, 0) is 14.3 Å². The third kappa shape index (κ3) is 5.24. The number of hydrogen-bond acceptors (Lipinski definition) is 4. The van der Waals surface area contributed by atoms with Crippen LogP contribution in [-0.4, -0.2) is 42.3 Å². The van der Waals surface area contributed by atoms with Crippen LogP contribution in [0.2, 0.25) is 0 Å². The van der Waals surface area contributed by atoms with Crippen molar-refractivity contribution in [2.75, 3.05) is 13.2 Å². The van der Waals surface area contributed by atoms with Crippen molar-refractivity contribution in [2.24, 2.45) is 11.8 Å². The van der Waals surface area contributed by atoms with Gasteiger partial charge in [0.1, 0.15) is 6.61 Å². The molecule has 2 aromatic carbocycles. The van der Waals surface area contributed by atoms with Crippen LogP contribution >= 0.6 is 0 Å². The van der Waals surface area contributed by atoms with Crippen molar-refractivity contribution in [2.45, 2.75) is 51.0 Å². The van der Waals surface area contributed by atoms with Gasteiger partial charge in [0.25, 0.3) is 0 Å². The highest BCUT2D eigenvalue weighted by Gasteiger charge is 2.32. The molecule has 3 N–H and O–H groups in total. The maximum Gasteiger partial charge on any atom is 0.407 e. The minimum atomic E-state index is -0.864. The first-order valence-corrected chi connectivity index (χ1v) is 12.1. The van der Waals surface area contributed by atoms with E-state index in [1.54, 1.807) is 6.92 Å². The summed E-state index contributed by atoms with van der Waals surface area (Å²) in [6.45, 7) is 2.04. The number of carbonyl (C=O) groups is 3. The van der Waals surface area contributed by atoms with Crippen LogP contribution in [0.15, 0.2) is 48.5 Å². The Morgan fingerprint density at radius 3 is 2.24 bits per heavy atom. The molecule has 4 rings (SSSR count). The van der Waals surface area contributed by atoms with E-state index in [4.69, 9.17) is 4.74 Å². The summed E-state index contributed by atoms with van der Waals surface area (Å²) in [6.07, 6.45) is 3.42. The number of nitrogens with one attached hydrogen (secondary N) is 2. The van der Waals surface area contributed by atoms with Gasteiger partial charge in [-0.3, -0.25) is 9.59 Å². The Morgan fingerprint density at radius 1 is 0.971 bits per heavy atom. The lowest BCUT2D eigenvalue weighted by Crippen LogP contribution is -2.46. The van der Waals surface area contributed by atoms with Crippen LogP contribution in [0, 0.1) is 11.8 Å². The maximum absolute atomic E-state index is 12.6. The van der Waals surface area contributed by atoms with Gasteiger partial charge in [-0.2, -0.15) is 0 Å². The minimum absolute atomic E-state index is 0.0259. The smallest absolute Gasteiger partial charge is 0.407 e. The fraction of sp³-hybridized carbons (Fsp3) is 0.444. The molecule has 2 amide bonds. The van der Waals surface area contributed by atoms with E-state index in [1.807, 2.05) is 24.3 Å². The van der Waals surface area contributed by atoms with Crippen LogP contribution in [0.3, 0.4) is 0 Å². The summed E-state index contributed by atoms with van der Waals surface area (Å²) in [5.74, 6) is -2.21. The number of ether oxygens (including phenoxy) is 1. The highest BCUT2D eigenvalue weighted by Crippen LogP contribution is 2.44. The van der Waals surface area contributed by atoms with Gasteiger partial charge in [0, 0.05) is 18.5 Å². The van der Waals surface area contributed by atoms with Crippen LogP contribution in [0.25, 0.3) is 11.1 Å². The van der Waals surface area contributed by atoms with Crippen molar-refractivity contribution < 1.29 is 24.2 Å². The van der Waals surface area contributed by atoms with Crippen molar-refractivity contribution in [3.05, 3.63) is 59.7 Å². The second kappa shape index (κ2) is 10.7. The Kier molecular flexibility index (Phi) is 7.50. The molecular weight excluding hydrogens is 432 g/mol. The molecule has 0 spiro atoms. The lowest BCUT2D eigenvalue weighted by Gasteiger charge is -2.24. The topological polar surface area (TPSA) is 105 Å². The van der Waals surface area contributed by atoms with Crippen LogP contribution in [0.1, 0.15) is 56.1 Å². The minimum Gasteiger partial charge on any atom is -0.481 e. The van der Waals surface area contributed by atoms with E-state index in [9.17, 15) is 19.5 Å². The number of fused-ring (bicyclic) bond motifs is 3. The number of aliphatic carboxylic acids is 1. The Morgan fingerprint density at radius 2 is 1.59 bits per heavy atom. The predicted octanol–water partition coefficient (Wildman–Crippen LogP) is 4.31. The molecule has 3 unspecified atom stereocenters. The molecule has 0 aromatic heterocycles. The van der Waals surface area contributed by atoms with Gasteiger partial charge < -0.3 is 20.5 Å². The molecule has 0 bridgehead atoms. The third-order valence-electron chi connectivity index (χ3n) is 7.00.